The van der Waals surface area contributed by atoms with Crippen molar-refractivity contribution in [1.29, 1.82) is 0 Å². The Morgan fingerprint density at radius 3 is 1.50 bits per heavy atom. The van der Waals surface area contributed by atoms with Crippen molar-refractivity contribution in [3.63, 3.8) is 0 Å². The Balaban J connectivity index is 0.000000217. The fourth-order valence-corrected chi connectivity index (χ4v) is 2.72. The Morgan fingerprint density at radius 2 is 1.25 bits per heavy atom. The van der Waals surface area contributed by atoms with Crippen LogP contribution in [0.1, 0.15) is 13.8 Å². The van der Waals surface area contributed by atoms with Crippen LogP contribution in [0.2, 0.25) is 0 Å². The quantitative estimate of drug-likeness (QED) is 0.502. The van der Waals surface area contributed by atoms with E-state index in [1.165, 1.54) is 0 Å². The van der Waals surface area contributed by atoms with Crippen molar-refractivity contribution in [2.24, 2.45) is 11.5 Å². The topological polar surface area (TPSA) is 82.6 Å². The minimum atomic E-state index is 0.652. The first-order valence-electron chi connectivity index (χ1n) is 7.97. The molecule has 0 spiro atoms. The lowest BCUT2D eigenvalue weighted by Gasteiger charge is -2.34. The van der Waals surface area contributed by atoms with Gasteiger partial charge in [0.05, 0.1) is 0 Å². The van der Waals surface area contributed by atoms with Gasteiger partial charge in [0.2, 0.25) is 0 Å². The van der Waals surface area contributed by atoms with Gasteiger partial charge in [-0.15, -0.1) is 0 Å². The second kappa shape index (κ2) is 10.5. The molecule has 2 aliphatic heterocycles. The molecule has 0 aliphatic carbocycles. The molecule has 2 heterocycles. The van der Waals surface area contributed by atoms with Gasteiger partial charge in [0.15, 0.2) is 0 Å². The van der Waals surface area contributed by atoms with Gasteiger partial charge in [0, 0.05) is 77.5 Å². The van der Waals surface area contributed by atoms with Crippen LogP contribution in [0.4, 0.5) is 0 Å². The Labute approximate surface area is 124 Å². The molecule has 0 radical (unpaired) electrons. The van der Waals surface area contributed by atoms with Gasteiger partial charge in [-0.25, -0.2) is 0 Å². The SMILES string of the molecule is CC1CNCC(C)N1.NCCN1CCN(CCN)CC1. The van der Waals surface area contributed by atoms with Crippen LogP contribution in [-0.4, -0.2) is 87.3 Å². The van der Waals surface area contributed by atoms with Gasteiger partial charge >= 0.3 is 0 Å². The first-order valence-corrected chi connectivity index (χ1v) is 7.97. The Kier molecular flexibility index (Phi) is 9.33. The lowest BCUT2D eigenvalue weighted by Crippen LogP contribution is -2.52. The summed E-state index contributed by atoms with van der Waals surface area (Å²) in [5, 5.41) is 6.74. The van der Waals surface area contributed by atoms with Crippen LogP contribution in [0.15, 0.2) is 0 Å². The van der Waals surface area contributed by atoms with Gasteiger partial charge in [-0.2, -0.15) is 0 Å². The van der Waals surface area contributed by atoms with Gasteiger partial charge in [-0.1, -0.05) is 0 Å². The summed E-state index contributed by atoms with van der Waals surface area (Å²) >= 11 is 0. The maximum absolute atomic E-state index is 5.48. The molecule has 0 aromatic heterocycles. The second-order valence-corrected chi connectivity index (χ2v) is 5.89. The van der Waals surface area contributed by atoms with Crippen molar-refractivity contribution >= 4 is 0 Å². The maximum Gasteiger partial charge on any atom is 0.0167 e. The predicted molar refractivity (Wildman–Crippen MR) is 85.9 cm³/mol. The molecule has 0 aromatic carbocycles. The van der Waals surface area contributed by atoms with Crippen molar-refractivity contribution in [2.45, 2.75) is 25.9 Å². The van der Waals surface area contributed by atoms with Gasteiger partial charge in [-0.05, 0) is 13.8 Å². The van der Waals surface area contributed by atoms with E-state index in [2.05, 4.69) is 34.3 Å². The fraction of sp³-hybridized carbons (Fsp3) is 1.00. The van der Waals surface area contributed by atoms with Crippen LogP contribution in [0, 0.1) is 0 Å². The molecule has 20 heavy (non-hydrogen) atoms. The summed E-state index contributed by atoms with van der Waals surface area (Å²) < 4.78 is 0. The summed E-state index contributed by atoms with van der Waals surface area (Å²) in [5.74, 6) is 0. The molecule has 2 fully saturated rings. The smallest absolute Gasteiger partial charge is 0.0167 e. The van der Waals surface area contributed by atoms with E-state index in [1.54, 1.807) is 0 Å². The molecule has 6 nitrogen and oxygen atoms in total. The number of nitrogens with two attached hydrogens (primary N) is 2. The number of nitrogens with one attached hydrogen (secondary N) is 2. The normalized spacial score (nSPS) is 28.8. The van der Waals surface area contributed by atoms with Crippen LogP contribution in [0.25, 0.3) is 0 Å². The van der Waals surface area contributed by atoms with Crippen LogP contribution in [0.5, 0.6) is 0 Å². The summed E-state index contributed by atoms with van der Waals surface area (Å²) in [4.78, 5) is 4.82. The Bertz CT molecular complexity index is 208. The summed E-state index contributed by atoms with van der Waals surface area (Å²) in [5.41, 5.74) is 11.0. The molecule has 120 valence electrons. The molecule has 2 atom stereocenters. The summed E-state index contributed by atoms with van der Waals surface area (Å²) in [6, 6.07) is 1.30. The zero-order valence-electron chi connectivity index (χ0n) is 13.3. The largest absolute Gasteiger partial charge is 0.329 e. The first-order chi connectivity index (χ1) is 9.65. The number of hydrogen-bond acceptors (Lipinski definition) is 6. The van der Waals surface area contributed by atoms with E-state index in [1.807, 2.05) is 0 Å². The van der Waals surface area contributed by atoms with Gasteiger partial charge < -0.3 is 22.1 Å². The van der Waals surface area contributed by atoms with Crippen LogP contribution in [-0.2, 0) is 0 Å². The lowest BCUT2D eigenvalue weighted by atomic mass is 10.2. The number of nitrogens with zero attached hydrogens (tertiary/aromatic N) is 2. The van der Waals surface area contributed by atoms with Crippen molar-refractivity contribution in [3.05, 3.63) is 0 Å². The highest BCUT2D eigenvalue weighted by molar-refractivity contribution is 4.76. The minimum absolute atomic E-state index is 0.652. The van der Waals surface area contributed by atoms with E-state index in [0.29, 0.717) is 12.1 Å². The molecule has 0 saturated carbocycles. The summed E-state index contributed by atoms with van der Waals surface area (Å²) in [6.07, 6.45) is 0. The monoisotopic (exact) mass is 286 g/mol. The van der Waals surface area contributed by atoms with Crippen LogP contribution < -0.4 is 22.1 Å². The lowest BCUT2D eigenvalue weighted by molar-refractivity contribution is 0.138. The standard InChI is InChI=1S/C8H20N4.C6H14N2/c9-1-3-11-5-7-12(4-2-10)8-6-11;1-5-3-7-4-6(2)8-5/h1-10H2;5-8H,3-4H2,1-2H3. The fourth-order valence-electron chi connectivity index (χ4n) is 2.72. The molecule has 2 saturated heterocycles. The number of hydrogen-bond donors (Lipinski definition) is 4. The molecule has 2 unspecified atom stereocenters. The minimum Gasteiger partial charge on any atom is -0.329 e. The molecule has 0 aromatic rings. The van der Waals surface area contributed by atoms with Gasteiger partial charge in [-0.3, -0.25) is 9.80 Å². The molecule has 6 heteroatoms. The molecule has 2 aliphatic rings. The number of rotatable bonds is 4. The molecule has 0 amide bonds. The molecule has 0 bridgehead atoms. The van der Waals surface area contributed by atoms with E-state index in [-0.39, 0.29) is 0 Å². The summed E-state index contributed by atoms with van der Waals surface area (Å²) in [7, 11) is 0. The van der Waals surface area contributed by atoms with Gasteiger partial charge in [0.1, 0.15) is 0 Å². The highest BCUT2D eigenvalue weighted by Gasteiger charge is 2.14. The van der Waals surface area contributed by atoms with E-state index >= 15 is 0 Å². The van der Waals surface area contributed by atoms with Crippen molar-refractivity contribution in [3.8, 4) is 0 Å². The highest BCUT2D eigenvalue weighted by Crippen LogP contribution is 1.99. The van der Waals surface area contributed by atoms with Crippen LogP contribution in [0.3, 0.4) is 0 Å². The Hall–Kier alpha value is -0.240. The average molecular weight is 286 g/mol. The molecule has 6 N–H and O–H groups in total. The van der Waals surface area contributed by atoms with E-state index < -0.39 is 0 Å². The number of piperazine rings is 2. The van der Waals surface area contributed by atoms with E-state index in [0.717, 1.165) is 65.4 Å². The van der Waals surface area contributed by atoms with E-state index in [9.17, 15) is 0 Å². The zero-order chi connectivity index (χ0) is 14.8. The van der Waals surface area contributed by atoms with E-state index in [4.69, 9.17) is 11.5 Å². The average Bonchev–Trinajstić information content (AvgIpc) is 2.42. The third kappa shape index (κ3) is 7.52. The summed E-state index contributed by atoms with van der Waals surface area (Å²) in [6.45, 7) is 14.9. The maximum atomic E-state index is 5.48. The highest BCUT2D eigenvalue weighted by atomic mass is 15.3. The third-order valence-corrected chi connectivity index (χ3v) is 3.83. The van der Waals surface area contributed by atoms with Crippen molar-refractivity contribution in [1.82, 2.24) is 20.4 Å². The van der Waals surface area contributed by atoms with Crippen LogP contribution >= 0.6 is 0 Å². The van der Waals surface area contributed by atoms with Gasteiger partial charge in [0.25, 0.3) is 0 Å². The molecular weight excluding hydrogens is 252 g/mol. The first kappa shape index (κ1) is 17.8. The third-order valence-electron chi connectivity index (χ3n) is 3.83. The zero-order valence-corrected chi connectivity index (χ0v) is 13.3. The van der Waals surface area contributed by atoms with Crippen molar-refractivity contribution < 1.29 is 0 Å². The second-order valence-electron chi connectivity index (χ2n) is 5.89. The Morgan fingerprint density at radius 1 is 0.850 bits per heavy atom. The molecular formula is C14H34N6. The molecule has 2 rings (SSSR count). The van der Waals surface area contributed by atoms with Crippen molar-refractivity contribution in [2.75, 3.05) is 65.4 Å². The predicted octanol–water partition coefficient (Wildman–Crippen LogP) is -1.52.